The largest absolute Gasteiger partial charge is 0.381 e. The molecule has 1 aliphatic rings. The van der Waals surface area contributed by atoms with Gasteiger partial charge < -0.3 is 10.1 Å². The number of nitrogens with one attached hydrogen (secondary N) is 2. The summed E-state index contributed by atoms with van der Waals surface area (Å²) in [6, 6.07) is 10.7. The number of carbonyl (C=O) groups is 1. The van der Waals surface area contributed by atoms with E-state index in [2.05, 4.69) is 21.5 Å². The van der Waals surface area contributed by atoms with Crippen molar-refractivity contribution in [1.29, 1.82) is 5.26 Å². The van der Waals surface area contributed by atoms with Gasteiger partial charge in [0.25, 0.3) is 11.5 Å². The molecular weight excluding hydrogens is 406 g/mol. The Labute approximate surface area is 185 Å². The van der Waals surface area contributed by atoms with E-state index in [1.165, 1.54) is 10.9 Å². The molecule has 0 unspecified atom stereocenters. The molecule has 8 heteroatoms. The summed E-state index contributed by atoms with van der Waals surface area (Å²) >= 11 is 0. The van der Waals surface area contributed by atoms with Crippen LogP contribution in [0.15, 0.2) is 47.5 Å². The SMILES string of the molecule is COC1CCC(NC(=O)c2ccc(-n3[nH]cc(-c4ccc(C#N)cc4C)c3=O)nc2)CC1. The molecule has 2 N–H and O–H groups in total. The molecule has 1 fully saturated rings. The summed E-state index contributed by atoms with van der Waals surface area (Å²) in [5, 5.41) is 15.0. The highest BCUT2D eigenvalue weighted by Gasteiger charge is 2.22. The molecule has 0 aliphatic heterocycles. The molecule has 0 spiro atoms. The highest BCUT2D eigenvalue weighted by atomic mass is 16.5. The van der Waals surface area contributed by atoms with Gasteiger partial charge in [-0.1, -0.05) is 6.07 Å². The van der Waals surface area contributed by atoms with Gasteiger partial charge >= 0.3 is 0 Å². The first-order chi connectivity index (χ1) is 15.5. The van der Waals surface area contributed by atoms with Crippen molar-refractivity contribution < 1.29 is 9.53 Å². The van der Waals surface area contributed by atoms with Crippen LogP contribution in [0, 0.1) is 18.3 Å². The number of nitriles is 1. The Morgan fingerprint density at radius 3 is 2.62 bits per heavy atom. The monoisotopic (exact) mass is 431 g/mol. The Hall–Kier alpha value is -3.70. The van der Waals surface area contributed by atoms with Gasteiger partial charge in [-0.2, -0.15) is 5.26 Å². The zero-order valence-corrected chi connectivity index (χ0v) is 18.1. The van der Waals surface area contributed by atoms with Crippen LogP contribution in [-0.2, 0) is 4.74 Å². The first-order valence-corrected chi connectivity index (χ1v) is 10.6. The molecule has 1 aromatic carbocycles. The van der Waals surface area contributed by atoms with Crippen molar-refractivity contribution in [1.82, 2.24) is 20.1 Å². The molecule has 0 bridgehead atoms. The minimum atomic E-state index is -0.252. The molecule has 0 radical (unpaired) electrons. The van der Waals surface area contributed by atoms with Crippen molar-refractivity contribution in [2.45, 2.75) is 44.8 Å². The molecule has 4 rings (SSSR count). The van der Waals surface area contributed by atoms with E-state index in [1.54, 1.807) is 43.6 Å². The van der Waals surface area contributed by atoms with Gasteiger partial charge in [0.15, 0.2) is 5.82 Å². The number of benzene rings is 1. The third-order valence-electron chi connectivity index (χ3n) is 6.00. The number of methoxy groups -OCH3 is 1. The summed E-state index contributed by atoms with van der Waals surface area (Å²) in [5.74, 6) is 0.224. The van der Waals surface area contributed by atoms with E-state index in [4.69, 9.17) is 10.00 Å². The maximum atomic E-state index is 12.9. The molecule has 8 nitrogen and oxygen atoms in total. The lowest BCUT2D eigenvalue weighted by Crippen LogP contribution is -2.39. The second kappa shape index (κ2) is 9.20. The van der Waals surface area contributed by atoms with Crippen molar-refractivity contribution in [3.63, 3.8) is 0 Å². The molecule has 0 saturated heterocycles. The quantitative estimate of drug-likeness (QED) is 0.645. The van der Waals surface area contributed by atoms with Gasteiger partial charge in [0.2, 0.25) is 0 Å². The standard InChI is InChI=1S/C24H25N5O3/c1-15-11-16(12-25)3-9-20(15)21-14-27-29(24(21)31)22-10-4-17(13-26-22)23(30)28-18-5-7-19(32-2)8-6-18/h3-4,9-11,13-14,18-19,27H,5-8H2,1-2H3,(H,28,30). The highest BCUT2D eigenvalue weighted by Crippen LogP contribution is 2.22. The third kappa shape index (κ3) is 4.34. The number of ether oxygens (including phenoxy) is 1. The van der Waals surface area contributed by atoms with E-state index < -0.39 is 0 Å². The number of carbonyl (C=O) groups excluding carboxylic acids is 1. The number of rotatable bonds is 5. The van der Waals surface area contributed by atoms with Crippen LogP contribution >= 0.6 is 0 Å². The Bertz CT molecular complexity index is 1210. The normalized spacial score (nSPS) is 18.2. The highest BCUT2D eigenvalue weighted by molar-refractivity contribution is 5.94. The number of aromatic nitrogens is 3. The van der Waals surface area contributed by atoms with Crippen LogP contribution in [0.3, 0.4) is 0 Å². The first-order valence-electron chi connectivity index (χ1n) is 10.6. The molecular formula is C24H25N5O3. The second-order valence-corrected chi connectivity index (χ2v) is 8.06. The van der Waals surface area contributed by atoms with Crippen molar-refractivity contribution in [2.24, 2.45) is 0 Å². The minimum absolute atomic E-state index is 0.137. The maximum absolute atomic E-state index is 12.9. The zero-order valence-electron chi connectivity index (χ0n) is 18.1. The van der Waals surface area contributed by atoms with Gasteiger partial charge in [-0.25, -0.2) is 9.67 Å². The van der Waals surface area contributed by atoms with Crippen LogP contribution in [-0.4, -0.2) is 39.9 Å². The Morgan fingerprint density at radius 1 is 1.22 bits per heavy atom. The summed E-state index contributed by atoms with van der Waals surface area (Å²) in [4.78, 5) is 29.8. The average molecular weight is 431 g/mol. The topological polar surface area (TPSA) is 113 Å². The fourth-order valence-corrected chi connectivity index (χ4v) is 4.13. The molecule has 3 aromatic rings. The van der Waals surface area contributed by atoms with E-state index in [0.717, 1.165) is 36.8 Å². The lowest BCUT2D eigenvalue weighted by atomic mass is 9.93. The van der Waals surface area contributed by atoms with Crippen LogP contribution in [0.4, 0.5) is 0 Å². The zero-order chi connectivity index (χ0) is 22.7. The van der Waals surface area contributed by atoms with Crippen molar-refractivity contribution in [3.8, 4) is 23.0 Å². The molecule has 0 atom stereocenters. The van der Waals surface area contributed by atoms with E-state index in [-0.39, 0.29) is 23.6 Å². The third-order valence-corrected chi connectivity index (χ3v) is 6.00. The lowest BCUT2D eigenvalue weighted by molar-refractivity contribution is 0.0599. The van der Waals surface area contributed by atoms with E-state index >= 15 is 0 Å². The number of aryl methyl sites for hydroxylation is 1. The Morgan fingerprint density at radius 2 is 2.00 bits per heavy atom. The van der Waals surface area contributed by atoms with Gasteiger partial charge in [0, 0.05) is 25.5 Å². The smallest absolute Gasteiger partial charge is 0.280 e. The van der Waals surface area contributed by atoms with E-state index in [1.807, 2.05) is 6.92 Å². The number of hydrogen-bond acceptors (Lipinski definition) is 5. The number of nitrogens with zero attached hydrogens (tertiary/aromatic N) is 3. The molecule has 2 aromatic heterocycles. The molecule has 1 aliphatic carbocycles. The van der Waals surface area contributed by atoms with Crippen LogP contribution < -0.4 is 10.9 Å². The van der Waals surface area contributed by atoms with E-state index in [9.17, 15) is 9.59 Å². The van der Waals surface area contributed by atoms with Gasteiger partial charge in [-0.15, -0.1) is 0 Å². The number of hydrogen-bond donors (Lipinski definition) is 2. The van der Waals surface area contributed by atoms with Crippen molar-refractivity contribution in [2.75, 3.05) is 7.11 Å². The molecule has 2 heterocycles. The summed E-state index contributed by atoms with van der Waals surface area (Å²) in [5.41, 5.74) is 2.82. The summed E-state index contributed by atoms with van der Waals surface area (Å²) in [7, 11) is 1.72. The number of amides is 1. The fourth-order valence-electron chi connectivity index (χ4n) is 4.13. The van der Waals surface area contributed by atoms with Crippen LogP contribution in [0.1, 0.15) is 47.2 Å². The van der Waals surface area contributed by atoms with Gasteiger partial charge in [-0.05, 0) is 68.0 Å². The molecule has 32 heavy (non-hydrogen) atoms. The average Bonchev–Trinajstić information content (AvgIpc) is 3.20. The summed E-state index contributed by atoms with van der Waals surface area (Å²) in [6.45, 7) is 1.86. The predicted molar refractivity (Wildman–Crippen MR) is 120 cm³/mol. The molecule has 1 saturated carbocycles. The van der Waals surface area contributed by atoms with Gasteiger partial charge in [-0.3, -0.25) is 14.7 Å². The lowest BCUT2D eigenvalue weighted by Gasteiger charge is -2.28. The summed E-state index contributed by atoms with van der Waals surface area (Å²) in [6.07, 6.45) is 7.04. The number of H-pyrrole nitrogens is 1. The van der Waals surface area contributed by atoms with Crippen molar-refractivity contribution >= 4 is 5.91 Å². The molecule has 164 valence electrons. The predicted octanol–water partition coefficient (Wildman–Crippen LogP) is 3.10. The second-order valence-electron chi connectivity index (χ2n) is 8.06. The van der Waals surface area contributed by atoms with Crippen LogP contribution in [0.2, 0.25) is 0 Å². The Balaban J connectivity index is 1.49. The van der Waals surface area contributed by atoms with Crippen molar-refractivity contribution in [3.05, 3.63) is 69.8 Å². The maximum Gasteiger partial charge on any atom is 0.280 e. The molecule has 1 amide bonds. The number of pyridine rings is 1. The van der Waals surface area contributed by atoms with Gasteiger partial charge in [0.05, 0.1) is 28.9 Å². The summed E-state index contributed by atoms with van der Waals surface area (Å²) < 4.78 is 6.71. The van der Waals surface area contributed by atoms with Crippen LogP contribution in [0.5, 0.6) is 0 Å². The first kappa shape index (κ1) is 21.5. The minimum Gasteiger partial charge on any atom is -0.381 e. The van der Waals surface area contributed by atoms with Gasteiger partial charge in [0.1, 0.15) is 0 Å². The van der Waals surface area contributed by atoms with E-state index in [0.29, 0.717) is 22.5 Å². The number of aromatic amines is 1. The van der Waals surface area contributed by atoms with Crippen LogP contribution in [0.25, 0.3) is 16.9 Å². The fraction of sp³-hybridized carbons (Fsp3) is 0.333. The Kier molecular flexibility index (Phi) is 6.19.